The van der Waals surface area contributed by atoms with Crippen molar-refractivity contribution in [3.8, 4) is 0 Å². The van der Waals surface area contributed by atoms with E-state index < -0.39 is 0 Å². The summed E-state index contributed by atoms with van der Waals surface area (Å²) in [6.45, 7) is 0. The van der Waals surface area contributed by atoms with Crippen LogP contribution in [-0.2, 0) is 0 Å². The molecule has 1 atom stereocenters. The SMILES string of the molecule is NC1CCCC2(CCCCCCC2)CC1. The van der Waals surface area contributed by atoms with E-state index in [2.05, 4.69) is 0 Å². The molecule has 2 aliphatic rings. The fraction of sp³-hybridized carbons (Fsp3) is 1.00. The van der Waals surface area contributed by atoms with Gasteiger partial charge in [0.25, 0.3) is 0 Å². The van der Waals surface area contributed by atoms with Crippen LogP contribution in [0.15, 0.2) is 0 Å². The highest BCUT2D eigenvalue weighted by atomic mass is 14.6. The van der Waals surface area contributed by atoms with E-state index in [0.717, 1.165) is 0 Å². The largest absolute Gasteiger partial charge is 0.328 e. The fourth-order valence-corrected chi connectivity index (χ4v) is 3.66. The van der Waals surface area contributed by atoms with Gasteiger partial charge in [0.2, 0.25) is 0 Å². The molecule has 0 aliphatic heterocycles. The minimum Gasteiger partial charge on any atom is -0.328 e. The third-order valence-electron chi connectivity index (χ3n) is 4.74. The van der Waals surface area contributed by atoms with Gasteiger partial charge in [0.05, 0.1) is 0 Å². The second-order valence-corrected chi connectivity index (χ2v) is 5.96. The Hall–Kier alpha value is -0.0400. The molecule has 0 aromatic heterocycles. The van der Waals surface area contributed by atoms with Crippen LogP contribution in [0.3, 0.4) is 0 Å². The molecular formula is C14H27N. The fourth-order valence-electron chi connectivity index (χ4n) is 3.66. The number of hydrogen-bond donors (Lipinski definition) is 1. The zero-order valence-corrected chi connectivity index (χ0v) is 10.1. The summed E-state index contributed by atoms with van der Waals surface area (Å²) >= 11 is 0. The molecule has 2 fully saturated rings. The van der Waals surface area contributed by atoms with Crippen molar-refractivity contribution in [2.75, 3.05) is 0 Å². The van der Waals surface area contributed by atoms with Crippen LogP contribution >= 0.6 is 0 Å². The quantitative estimate of drug-likeness (QED) is 0.641. The highest BCUT2D eigenvalue weighted by molar-refractivity contribution is 4.85. The van der Waals surface area contributed by atoms with Gasteiger partial charge in [0, 0.05) is 6.04 Å². The highest BCUT2D eigenvalue weighted by Gasteiger charge is 2.31. The molecule has 0 aromatic carbocycles. The Balaban J connectivity index is 1.95. The van der Waals surface area contributed by atoms with Gasteiger partial charge in [-0.25, -0.2) is 0 Å². The standard InChI is InChI=1S/C14H27N/c15-13-7-6-11-14(12-8-13)9-4-2-1-3-5-10-14/h13H,1-12,15H2. The van der Waals surface area contributed by atoms with Crippen molar-refractivity contribution in [1.82, 2.24) is 0 Å². The van der Waals surface area contributed by atoms with Gasteiger partial charge in [-0.2, -0.15) is 0 Å². The molecule has 1 spiro atoms. The van der Waals surface area contributed by atoms with E-state index in [0.29, 0.717) is 11.5 Å². The van der Waals surface area contributed by atoms with E-state index in [9.17, 15) is 0 Å². The molecule has 0 bridgehead atoms. The molecule has 2 saturated carbocycles. The van der Waals surface area contributed by atoms with Gasteiger partial charge >= 0.3 is 0 Å². The summed E-state index contributed by atoms with van der Waals surface area (Å²) in [6.07, 6.45) is 17.3. The maximum Gasteiger partial charge on any atom is 0.00390 e. The molecular weight excluding hydrogens is 182 g/mol. The summed E-state index contributed by atoms with van der Waals surface area (Å²) in [4.78, 5) is 0. The second kappa shape index (κ2) is 5.34. The van der Waals surface area contributed by atoms with Gasteiger partial charge in [-0.15, -0.1) is 0 Å². The molecule has 2 rings (SSSR count). The van der Waals surface area contributed by atoms with Crippen molar-refractivity contribution in [2.24, 2.45) is 11.1 Å². The normalized spacial score (nSPS) is 33.0. The van der Waals surface area contributed by atoms with Gasteiger partial charge < -0.3 is 5.73 Å². The van der Waals surface area contributed by atoms with Gasteiger partial charge in [0.15, 0.2) is 0 Å². The van der Waals surface area contributed by atoms with E-state index >= 15 is 0 Å². The Morgan fingerprint density at radius 3 is 2.00 bits per heavy atom. The van der Waals surface area contributed by atoms with Gasteiger partial charge in [-0.1, -0.05) is 38.5 Å². The smallest absolute Gasteiger partial charge is 0.00390 e. The summed E-state index contributed by atoms with van der Waals surface area (Å²) in [7, 11) is 0. The van der Waals surface area contributed by atoms with Gasteiger partial charge in [-0.3, -0.25) is 0 Å². The first kappa shape index (κ1) is 11.4. The maximum atomic E-state index is 6.09. The summed E-state index contributed by atoms with van der Waals surface area (Å²) in [5, 5.41) is 0. The average Bonchev–Trinajstić information content (AvgIpc) is 2.37. The van der Waals surface area contributed by atoms with Crippen LogP contribution in [0.4, 0.5) is 0 Å². The number of rotatable bonds is 0. The van der Waals surface area contributed by atoms with E-state index in [1.54, 1.807) is 0 Å². The Morgan fingerprint density at radius 1 is 0.667 bits per heavy atom. The lowest BCUT2D eigenvalue weighted by molar-refractivity contribution is 0.178. The number of nitrogens with two attached hydrogens (primary N) is 1. The summed E-state index contributed by atoms with van der Waals surface area (Å²) in [6, 6.07) is 0.509. The van der Waals surface area contributed by atoms with Crippen LogP contribution < -0.4 is 5.73 Å². The van der Waals surface area contributed by atoms with Gasteiger partial charge in [0.1, 0.15) is 0 Å². The molecule has 2 aliphatic carbocycles. The highest BCUT2D eigenvalue weighted by Crippen LogP contribution is 2.44. The molecule has 0 aromatic rings. The van der Waals surface area contributed by atoms with Crippen LogP contribution in [0.25, 0.3) is 0 Å². The molecule has 0 amide bonds. The minimum absolute atomic E-state index is 0.509. The van der Waals surface area contributed by atoms with E-state index in [1.807, 2.05) is 0 Å². The molecule has 0 radical (unpaired) electrons. The van der Waals surface area contributed by atoms with Crippen LogP contribution in [0.5, 0.6) is 0 Å². The zero-order valence-electron chi connectivity index (χ0n) is 10.1. The minimum atomic E-state index is 0.509. The van der Waals surface area contributed by atoms with Crippen LogP contribution in [0.2, 0.25) is 0 Å². The average molecular weight is 209 g/mol. The zero-order chi connectivity index (χ0) is 10.6. The van der Waals surface area contributed by atoms with E-state index in [1.165, 1.54) is 77.0 Å². The monoisotopic (exact) mass is 209 g/mol. The third kappa shape index (κ3) is 3.21. The predicted octanol–water partition coefficient (Wildman–Crippen LogP) is 4.01. The first-order valence-electron chi connectivity index (χ1n) is 7.06. The molecule has 88 valence electrons. The van der Waals surface area contributed by atoms with Crippen molar-refractivity contribution < 1.29 is 0 Å². The lowest BCUT2D eigenvalue weighted by Crippen LogP contribution is -2.23. The summed E-state index contributed by atoms with van der Waals surface area (Å²) in [5.41, 5.74) is 6.81. The van der Waals surface area contributed by atoms with Crippen molar-refractivity contribution in [3.05, 3.63) is 0 Å². The molecule has 15 heavy (non-hydrogen) atoms. The Kier molecular flexibility index (Phi) is 4.07. The van der Waals surface area contributed by atoms with Crippen LogP contribution in [0.1, 0.15) is 77.0 Å². The van der Waals surface area contributed by atoms with E-state index in [-0.39, 0.29) is 0 Å². The summed E-state index contributed by atoms with van der Waals surface area (Å²) in [5.74, 6) is 0. The van der Waals surface area contributed by atoms with Crippen molar-refractivity contribution in [3.63, 3.8) is 0 Å². The van der Waals surface area contributed by atoms with Crippen molar-refractivity contribution >= 4 is 0 Å². The Labute approximate surface area is 94.8 Å². The third-order valence-corrected chi connectivity index (χ3v) is 4.74. The topological polar surface area (TPSA) is 26.0 Å². The lowest BCUT2D eigenvalue weighted by Gasteiger charge is -2.34. The maximum absolute atomic E-state index is 6.09. The lowest BCUT2D eigenvalue weighted by atomic mass is 9.71. The molecule has 0 heterocycles. The van der Waals surface area contributed by atoms with Crippen LogP contribution in [0, 0.1) is 5.41 Å². The van der Waals surface area contributed by atoms with Crippen molar-refractivity contribution in [1.29, 1.82) is 0 Å². The molecule has 1 heteroatoms. The molecule has 2 N–H and O–H groups in total. The molecule has 1 unspecified atom stereocenters. The Bertz CT molecular complexity index is 174. The van der Waals surface area contributed by atoms with Crippen molar-refractivity contribution in [2.45, 2.75) is 83.1 Å². The first-order valence-corrected chi connectivity index (χ1v) is 7.06. The van der Waals surface area contributed by atoms with Crippen LogP contribution in [-0.4, -0.2) is 6.04 Å². The molecule has 0 saturated heterocycles. The van der Waals surface area contributed by atoms with Gasteiger partial charge in [-0.05, 0) is 43.9 Å². The Morgan fingerprint density at radius 2 is 1.27 bits per heavy atom. The molecule has 1 nitrogen and oxygen atoms in total. The summed E-state index contributed by atoms with van der Waals surface area (Å²) < 4.78 is 0. The predicted molar refractivity (Wildman–Crippen MR) is 65.8 cm³/mol. The number of hydrogen-bond acceptors (Lipinski definition) is 1. The second-order valence-electron chi connectivity index (χ2n) is 5.96. The first-order chi connectivity index (χ1) is 7.31. The van der Waals surface area contributed by atoms with E-state index in [4.69, 9.17) is 5.73 Å².